The summed E-state index contributed by atoms with van der Waals surface area (Å²) in [6, 6.07) is 1.46. The zero-order chi connectivity index (χ0) is 11.3. The fourth-order valence-corrected chi connectivity index (χ4v) is 2.32. The molecule has 0 aromatic heterocycles. The Bertz CT molecular complexity index is 170. The summed E-state index contributed by atoms with van der Waals surface area (Å²) >= 11 is 0. The van der Waals surface area contributed by atoms with Crippen molar-refractivity contribution in [3.05, 3.63) is 0 Å². The minimum absolute atomic E-state index is 0.700. The van der Waals surface area contributed by atoms with Crippen LogP contribution in [0.3, 0.4) is 0 Å². The summed E-state index contributed by atoms with van der Waals surface area (Å²) in [6.07, 6.45) is 1.27. The number of likely N-dealkylation sites (N-methyl/N-ethyl adjacent to an activating group) is 1. The van der Waals surface area contributed by atoms with Crippen LogP contribution in [-0.2, 0) is 0 Å². The predicted molar refractivity (Wildman–Crippen MR) is 66.3 cm³/mol. The zero-order valence-corrected chi connectivity index (χ0v) is 10.8. The van der Waals surface area contributed by atoms with Crippen molar-refractivity contribution in [3.8, 4) is 0 Å². The Labute approximate surface area is 94.8 Å². The van der Waals surface area contributed by atoms with Crippen LogP contribution in [0.1, 0.15) is 27.2 Å². The van der Waals surface area contributed by atoms with Gasteiger partial charge in [0.25, 0.3) is 0 Å². The Morgan fingerprint density at radius 2 is 2.07 bits per heavy atom. The van der Waals surface area contributed by atoms with Crippen molar-refractivity contribution in [1.82, 2.24) is 15.1 Å². The fraction of sp³-hybridized carbons (Fsp3) is 1.00. The lowest BCUT2D eigenvalue weighted by Crippen LogP contribution is -2.55. The summed E-state index contributed by atoms with van der Waals surface area (Å²) < 4.78 is 0. The van der Waals surface area contributed by atoms with E-state index in [4.69, 9.17) is 0 Å². The molecule has 1 N–H and O–H groups in total. The highest BCUT2D eigenvalue weighted by molar-refractivity contribution is 4.82. The Balaban J connectivity index is 2.41. The molecule has 1 aliphatic rings. The van der Waals surface area contributed by atoms with Crippen LogP contribution in [0, 0.1) is 0 Å². The third kappa shape index (κ3) is 3.74. The Morgan fingerprint density at radius 1 is 1.33 bits per heavy atom. The van der Waals surface area contributed by atoms with Crippen molar-refractivity contribution >= 4 is 0 Å². The summed E-state index contributed by atoms with van der Waals surface area (Å²) in [7, 11) is 2.03. The second-order valence-electron chi connectivity index (χ2n) is 4.79. The van der Waals surface area contributed by atoms with E-state index < -0.39 is 0 Å². The summed E-state index contributed by atoms with van der Waals surface area (Å²) in [4.78, 5) is 5.24. The van der Waals surface area contributed by atoms with E-state index in [1.165, 1.54) is 32.6 Å². The summed E-state index contributed by atoms with van der Waals surface area (Å²) in [5.74, 6) is 0. The number of rotatable bonds is 5. The lowest BCUT2D eigenvalue weighted by atomic mass is 10.1. The lowest BCUT2D eigenvalue weighted by molar-refractivity contribution is 0.0557. The van der Waals surface area contributed by atoms with E-state index in [1.807, 2.05) is 7.05 Å². The molecular weight excluding hydrogens is 186 g/mol. The van der Waals surface area contributed by atoms with Crippen LogP contribution in [0.4, 0.5) is 0 Å². The molecular formula is C12H27N3. The Kier molecular flexibility index (Phi) is 5.58. The highest BCUT2D eigenvalue weighted by Crippen LogP contribution is 2.14. The van der Waals surface area contributed by atoms with Gasteiger partial charge in [0.2, 0.25) is 0 Å². The zero-order valence-electron chi connectivity index (χ0n) is 10.8. The van der Waals surface area contributed by atoms with Gasteiger partial charge in [0.05, 0.1) is 0 Å². The van der Waals surface area contributed by atoms with E-state index >= 15 is 0 Å². The van der Waals surface area contributed by atoms with Gasteiger partial charge >= 0.3 is 0 Å². The second kappa shape index (κ2) is 6.46. The molecule has 1 heterocycles. The average molecular weight is 213 g/mol. The number of piperazine rings is 1. The molecule has 15 heavy (non-hydrogen) atoms. The summed E-state index contributed by atoms with van der Waals surface area (Å²) in [5.41, 5.74) is 0. The number of nitrogens with zero attached hydrogens (tertiary/aromatic N) is 2. The van der Waals surface area contributed by atoms with E-state index in [2.05, 4.69) is 35.9 Å². The van der Waals surface area contributed by atoms with E-state index in [9.17, 15) is 0 Å². The van der Waals surface area contributed by atoms with E-state index in [-0.39, 0.29) is 0 Å². The molecule has 3 nitrogen and oxygen atoms in total. The minimum atomic E-state index is 0.700. The molecule has 1 aliphatic heterocycles. The van der Waals surface area contributed by atoms with Gasteiger partial charge < -0.3 is 5.32 Å². The lowest BCUT2D eigenvalue weighted by Gasteiger charge is -2.43. The molecule has 1 unspecified atom stereocenters. The largest absolute Gasteiger partial charge is 0.318 e. The molecule has 0 spiro atoms. The first kappa shape index (κ1) is 12.9. The van der Waals surface area contributed by atoms with Gasteiger partial charge in [-0.25, -0.2) is 0 Å². The molecule has 1 fully saturated rings. The molecule has 3 heteroatoms. The first-order valence-corrected chi connectivity index (χ1v) is 6.31. The topological polar surface area (TPSA) is 18.5 Å². The molecule has 0 bridgehead atoms. The first-order chi connectivity index (χ1) is 7.19. The van der Waals surface area contributed by atoms with E-state index in [1.54, 1.807) is 0 Å². The van der Waals surface area contributed by atoms with Crippen molar-refractivity contribution < 1.29 is 0 Å². The molecule has 0 saturated carbocycles. The van der Waals surface area contributed by atoms with Crippen LogP contribution in [0.15, 0.2) is 0 Å². The van der Waals surface area contributed by atoms with Gasteiger partial charge in [0, 0.05) is 44.8 Å². The molecule has 0 aliphatic carbocycles. The molecule has 0 aromatic rings. The monoisotopic (exact) mass is 213 g/mol. The van der Waals surface area contributed by atoms with Crippen LogP contribution < -0.4 is 5.32 Å². The number of hydrogen-bond donors (Lipinski definition) is 1. The highest BCUT2D eigenvalue weighted by Gasteiger charge is 2.26. The summed E-state index contributed by atoms with van der Waals surface area (Å²) in [5, 5.41) is 3.24. The maximum absolute atomic E-state index is 3.24. The SMILES string of the molecule is CCC1CN(C(C)C)CCN1CCNC. The second-order valence-corrected chi connectivity index (χ2v) is 4.79. The Morgan fingerprint density at radius 3 is 2.60 bits per heavy atom. The van der Waals surface area contributed by atoms with Crippen LogP contribution in [0.2, 0.25) is 0 Å². The maximum Gasteiger partial charge on any atom is 0.0221 e. The molecule has 90 valence electrons. The minimum Gasteiger partial charge on any atom is -0.318 e. The van der Waals surface area contributed by atoms with Gasteiger partial charge in [-0.05, 0) is 27.3 Å². The van der Waals surface area contributed by atoms with Crippen molar-refractivity contribution in [2.75, 3.05) is 39.8 Å². The van der Waals surface area contributed by atoms with Crippen molar-refractivity contribution in [2.45, 2.75) is 39.3 Å². The third-order valence-corrected chi connectivity index (χ3v) is 3.49. The molecule has 1 rings (SSSR count). The summed E-state index contributed by atoms with van der Waals surface area (Å²) in [6.45, 7) is 12.9. The van der Waals surface area contributed by atoms with Crippen LogP contribution in [-0.4, -0.2) is 61.7 Å². The van der Waals surface area contributed by atoms with Gasteiger partial charge in [-0.3, -0.25) is 9.80 Å². The standard InChI is InChI=1S/C12H27N3/c1-5-12-10-15(11(2)3)9-8-14(12)7-6-13-4/h11-13H,5-10H2,1-4H3. The number of hydrogen-bond acceptors (Lipinski definition) is 3. The van der Waals surface area contributed by atoms with Gasteiger partial charge in [-0.2, -0.15) is 0 Å². The normalized spacial score (nSPS) is 25.0. The van der Waals surface area contributed by atoms with Crippen LogP contribution >= 0.6 is 0 Å². The van der Waals surface area contributed by atoms with E-state index in [0.29, 0.717) is 6.04 Å². The quantitative estimate of drug-likeness (QED) is 0.735. The molecule has 1 atom stereocenters. The smallest absolute Gasteiger partial charge is 0.0221 e. The highest BCUT2D eigenvalue weighted by atomic mass is 15.3. The Hall–Kier alpha value is -0.120. The van der Waals surface area contributed by atoms with E-state index in [0.717, 1.165) is 12.6 Å². The van der Waals surface area contributed by atoms with Crippen LogP contribution in [0.25, 0.3) is 0 Å². The third-order valence-electron chi connectivity index (χ3n) is 3.49. The predicted octanol–water partition coefficient (Wildman–Crippen LogP) is 1.01. The molecule has 1 saturated heterocycles. The average Bonchev–Trinajstić information content (AvgIpc) is 2.25. The molecule has 0 radical (unpaired) electrons. The van der Waals surface area contributed by atoms with Crippen molar-refractivity contribution in [2.24, 2.45) is 0 Å². The molecule has 0 amide bonds. The molecule has 0 aromatic carbocycles. The van der Waals surface area contributed by atoms with Gasteiger partial charge in [-0.1, -0.05) is 6.92 Å². The maximum atomic E-state index is 3.24. The van der Waals surface area contributed by atoms with Gasteiger partial charge in [0.1, 0.15) is 0 Å². The van der Waals surface area contributed by atoms with Crippen molar-refractivity contribution in [3.63, 3.8) is 0 Å². The van der Waals surface area contributed by atoms with Gasteiger partial charge in [-0.15, -0.1) is 0 Å². The number of nitrogens with one attached hydrogen (secondary N) is 1. The van der Waals surface area contributed by atoms with Gasteiger partial charge in [0.15, 0.2) is 0 Å². The van der Waals surface area contributed by atoms with Crippen LogP contribution in [0.5, 0.6) is 0 Å². The first-order valence-electron chi connectivity index (χ1n) is 6.31. The van der Waals surface area contributed by atoms with Crippen molar-refractivity contribution in [1.29, 1.82) is 0 Å². The fourth-order valence-electron chi connectivity index (χ4n) is 2.32.